The maximum atomic E-state index is 12.4. The summed E-state index contributed by atoms with van der Waals surface area (Å²) in [6.07, 6.45) is 6.53. The summed E-state index contributed by atoms with van der Waals surface area (Å²) in [5.41, 5.74) is 19.6. The van der Waals surface area contributed by atoms with Gasteiger partial charge in [0.25, 0.3) is 11.8 Å². The quantitative estimate of drug-likeness (QED) is 0.0129. The van der Waals surface area contributed by atoms with Crippen LogP contribution in [0.2, 0.25) is 0 Å². The average Bonchev–Trinajstić information content (AvgIpc) is 0.773. The second-order valence-electron chi connectivity index (χ2n) is 31.5. The van der Waals surface area contributed by atoms with Gasteiger partial charge in [0.2, 0.25) is 35.4 Å². The van der Waals surface area contributed by atoms with Gasteiger partial charge in [-0.05, 0) is 108 Å². The molecule has 0 spiro atoms. The van der Waals surface area contributed by atoms with Crippen molar-refractivity contribution >= 4 is 156 Å². The van der Waals surface area contributed by atoms with Crippen LogP contribution in [0, 0.1) is 59.2 Å². The molecule has 0 saturated heterocycles. The first-order valence-corrected chi connectivity index (χ1v) is 40.7. The monoisotopic (exact) mass is 2110 g/mol. The Morgan fingerprint density at radius 3 is 0.828 bits per heavy atom. The van der Waals surface area contributed by atoms with Crippen LogP contribution in [-0.4, -0.2) is 311 Å². The second kappa shape index (κ2) is 66.5. The number of nitrogens with two attached hydrogens (primary N) is 3. The molecule has 16 N–H and O–H groups in total. The van der Waals surface area contributed by atoms with Crippen LogP contribution in [0.5, 0.6) is 0 Å². The molecule has 134 heavy (non-hydrogen) atoms. The Morgan fingerprint density at radius 2 is 0.597 bits per heavy atom. The number of rotatable bonds is 41. The summed E-state index contributed by atoms with van der Waals surface area (Å²) in [6.45, 7) is 6.31. The number of hydrogen-bond donors (Lipinski definition) is 13. The van der Waals surface area contributed by atoms with E-state index in [1.165, 1.54) is 63.3 Å². The number of aliphatic carboxylic acids is 2. The number of Topliss-reactive ketones (excluding diaryl/α,β-unsaturated/α-hetero) is 2. The maximum absolute atomic E-state index is 12.4. The van der Waals surface area contributed by atoms with Gasteiger partial charge in [-0.1, -0.05) is 24.3 Å². The van der Waals surface area contributed by atoms with Crippen molar-refractivity contribution in [3.63, 3.8) is 0 Å². The third-order valence-corrected chi connectivity index (χ3v) is 22.3. The van der Waals surface area contributed by atoms with Crippen molar-refractivity contribution in [2.75, 3.05) is 79.3 Å². The number of hydrogen-bond acceptors (Lipinski definition) is 34. The average molecular weight is 2110 g/mol. The van der Waals surface area contributed by atoms with Crippen LogP contribution < -0.4 is 59.7 Å². The first-order chi connectivity index (χ1) is 60.4. The number of carbonyl (C=O) groups is 24. The van der Waals surface area contributed by atoms with Gasteiger partial charge >= 0.3 is 35.8 Å². The molecule has 6 fully saturated rings. The SMILES string of the molecule is CC(=O)NC1CC(C(=O)O)C1N(C)C(C)=O.CC(=O)NC1CC(C(=O)OCC(=O)CC(C=O)C=O)C1N(C)C(C)=O.CC(=O)NC1CC(C(=O)OCC(=O)Nc2ccc(CC(C=O)C=O)cc2)C1N(C)C(C)=O.CNC1C(N)CC1C(=O)O.CNC1C(N)CC1C(=O)OCC(=O)CC(C=O)C=O.CNC1C(N)CC1C(=O)OCC(=O)Nc1ccc(CC(C=O)C=O)cc1.[V].[V].[V].[V].[V].[V]. The van der Waals surface area contributed by atoms with E-state index in [1.54, 1.807) is 83.8 Å². The number of carboxylic acid groups (broad SMARTS) is 2. The fourth-order valence-electron chi connectivity index (χ4n) is 14.7. The summed E-state index contributed by atoms with van der Waals surface area (Å²) in [5.74, 6) is -13.6. The minimum atomic E-state index is -1.05. The fourth-order valence-corrected chi connectivity index (χ4v) is 14.7. The Labute approximate surface area is 845 Å². The predicted molar refractivity (Wildman–Crippen MR) is 449 cm³/mol. The summed E-state index contributed by atoms with van der Waals surface area (Å²) < 4.78 is 20.0. The molecule has 6 radical (unpaired) electrons. The number of benzene rings is 2. The first-order valence-electron chi connectivity index (χ1n) is 40.7. The molecular formula is C84H118N14O30V6. The van der Waals surface area contributed by atoms with E-state index in [0.717, 1.165) is 11.1 Å². The number of anilines is 2. The largest absolute Gasteiger partial charge is 0.481 e. The predicted octanol–water partition coefficient (Wildman–Crippen LogP) is -4.50. The molecule has 8 amide bonds. The van der Waals surface area contributed by atoms with E-state index in [1.807, 2.05) is 0 Å². The van der Waals surface area contributed by atoms with Gasteiger partial charge < -0.3 is 142 Å². The van der Waals surface area contributed by atoms with Gasteiger partial charge in [0.1, 0.15) is 63.5 Å². The number of nitrogens with one attached hydrogen (secondary N) is 8. The number of likely N-dealkylation sites (N-methyl/N-ethyl adjacent to an activating group) is 6. The normalized spacial score (nSPS) is 22.7. The van der Waals surface area contributed by atoms with Crippen LogP contribution in [0.25, 0.3) is 0 Å². The summed E-state index contributed by atoms with van der Waals surface area (Å²) in [4.78, 5) is 273. The molecule has 8 rings (SSSR count). The van der Waals surface area contributed by atoms with Gasteiger partial charge in [-0.25, -0.2) is 0 Å². The molecule has 734 valence electrons. The summed E-state index contributed by atoms with van der Waals surface area (Å²) in [6, 6.07) is 10.4. The van der Waals surface area contributed by atoms with Gasteiger partial charge in [-0.2, -0.15) is 0 Å². The molecule has 18 unspecified atom stereocenters. The van der Waals surface area contributed by atoms with Gasteiger partial charge in [0.05, 0.1) is 95.4 Å². The molecule has 0 aliphatic heterocycles. The number of esters is 4. The van der Waals surface area contributed by atoms with E-state index >= 15 is 0 Å². The van der Waals surface area contributed by atoms with E-state index in [0.29, 0.717) is 107 Å². The van der Waals surface area contributed by atoms with E-state index < -0.39 is 139 Å². The van der Waals surface area contributed by atoms with Crippen LogP contribution in [0.1, 0.15) is 104 Å². The van der Waals surface area contributed by atoms with Crippen molar-refractivity contribution < 1.29 is 256 Å². The van der Waals surface area contributed by atoms with Crippen molar-refractivity contribution in [1.29, 1.82) is 0 Å². The summed E-state index contributed by atoms with van der Waals surface area (Å²) >= 11 is 0. The van der Waals surface area contributed by atoms with Gasteiger partial charge in [-0.15, -0.1) is 0 Å². The first kappa shape index (κ1) is 131. The Bertz CT molecular complexity index is 4260. The molecule has 0 bridgehead atoms. The molecule has 6 aliphatic carbocycles. The minimum Gasteiger partial charge on any atom is -0.481 e. The van der Waals surface area contributed by atoms with Crippen molar-refractivity contribution in [2.24, 2.45) is 76.4 Å². The zero-order valence-electron chi connectivity index (χ0n) is 75.9. The molecule has 2 aromatic carbocycles. The molecule has 0 heterocycles. The minimum absolute atomic E-state index is 0. The molecule has 0 aromatic heterocycles. The van der Waals surface area contributed by atoms with E-state index in [4.69, 9.17) is 46.4 Å². The van der Waals surface area contributed by atoms with Gasteiger partial charge in [0, 0.05) is 234 Å². The molecule has 6 saturated carbocycles. The smallest absolute Gasteiger partial charge is 0.311 e. The van der Waals surface area contributed by atoms with Crippen LogP contribution in [-0.2, 0) is 258 Å². The van der Waals surface area contributed by atoms with E-state index in [2.05, 4.69) is 42.5 Å². The Balaban J connectivity index is -0.000000770. The Hall–Kier alpha value is -9.01. The molecule has 44 nitrogen and oxygen atoms in total. The zero-order chi connectivity index (χ0) is 96.7. The molecule has 18 atom stereocenters. The Morgan fingerprint density at radius 1 is 0.358 bits per heavy atom. The van der Waals surface area contributed by atoms with Crippen LogP contribution >= 0.6 is 0 Å². The summed E-state index contributed by atoms with van der Waals surface area (Å²) in [7, 11) is 9.78. The molecule has 2 aromatic rings. The number of ether oxygens (including phenoxy) is 4. The van der Waals surface area contributed by atoms with E-state index in [-0.39, 0.29) is 245 Å². The van der Waals surface area contributed by atoms with Crippen molar-refractivity contribution in [3.8, 4) is 0 Å². The third-order valence-electron chi connectivity index (χ3n) is 22.3. The van der Waals surface area contributed by atoms with Crippen LogP contribution in [0.15, 0.2) is 48.5 Å². The number of aldehydes is 8. The van der Waals surface area contributed by atoms with Crippen molar-refractivity contribution in [2.45, 2.75) is 178 Å². The fraction of sp³-hybridized carbons (Fsp3) is 0.571. The van der Waals surface area contributed by atoms with Crippen LogP contribution in [0.4, 0.5) is 11.4 Å². The number of amides is 8. The van der Waals surface area contributed by atoms with Crippen LogP contribution in [0.3, 0.4) is 0 Å². The number of nitrogens with zero attached hydrogens (tertiary/aromatic N) is 3. The number of carboxylic acids is 2. The standard InChI is InChI=1S/C22H27N3O7.C18H23N3O5.C16H22N2O7.C12H18N2O5.C10H16N2O4.C6H12N2O2.6V/c1-13(28)23-19-9-18(21(19)25(3)14(2)29)22(31)32-12-20(30)24-17-6-4-15(5-7-17)8-16(10-26)11-27;1-20-17-14(7-15(17)19)18(25)26-10-16(24)21-13-4-2-11(3-5-13)6-12(8-22)9-23;1-9(21)17-14-5-13(15(14)18(3)10(2)22)16(24)25-8-12(23)4-11(6-19)7-20;1-14-11-9(3-10(11)13)12(18)19-6-8(17)2-7(4-15)5-16;1-5(13)11-8-4-7(10(15)16)9(8)12(3)6(2)14;1-8-5-3(6(9)10)2-4(5)7;;;;;;/h4-7,10-11,16,18-19,21H,8-9,12H2,1-3H3,(H,23,28)(H,24,30);2-5,8-9,12,14-15,17,20H,6-7,10,19H2,1H3,(H,21,24);6-7,11,13-15H,4-5,8H2,1-3H3,(H,17,21);4-5,7,9-11,14H,2-3,6,13H2,1H3;7-9H,4H2,1-3H3,(H,11,13)(H,15,16);3-5,8H,2,7H2,1H3,(H,9,10);;;;;;. The van der Waals surface area contributed by atoms with Gasteiger partial charge in [0.15, 0.2) is 24.8 Å². The van der Waals surface area contributed by atoms with E-state index in [9.17, 15) is 115 Å². The Kier molecular flexibility index (Phi) is 65.1. The second-order valence-corrected chi connectivity index (χ2v) is 31.5. The van der Waals surface area contributed by atoms with Gasteiger partial charge in [-0.3, -0.25) is 76.7 Å². The molecule has 50 heteroatoms. The van der Waals surface area contributed by atoms with Crippen molar-refractivity contribution in [3.05, 3.63) is 59.7 Å². The third kappa shape index (κ3) is 41.9. The van der Waals surface area contributed by atoms with Crippen molar-refractivity contribution in [1.82, 2.24) is 46.6 Å². The topological polar surface area (TPSA) is 671 Å². The maximum Gasteiger partial charge on any atom is 0.311 e. The number of ketones is 2. The number of carbonyl (C=O) groups excluding carboxylic acids is 22. The molecule has 6 aliphatic rings. The summed E-state index contributed by atoms with van der Waals surface area (Å²) in [5, 5.41) is 39.5. The molecular weight excluding hydrogens is 1990 g/mol. The zero-order valence-corrected chi connectivity index (χ0v) is 84.3.